The number of halogens is 1. The summed E-state index contributed by atoms with van der Waals surface area (Å²) in [6, 6.07) is 0. The molecule has 1 aliphatic rings. The van der Waals surface area contributed by atoms with Crippen LogP contribution in [0.2, 0.25) is 0 Å². The molecule has 2 N–H and O–H groups in total. The van der Waals surface area contributed by atoms with Gasteiger partial charge in [-0.05, 0) is 25.7 Å². The van der Waals surface area contributed by atoms with Crippen molar-refractivity contribution in [2.45, 2.75) is 45.4 Å². The molecule has 1 amide bonds. The molecule has 0 aromatic carbocycles. The molecule has 0 unspecified atom stereocenters. The van der Waals surface area contributed by atoms with Crippen molar-refractivity contribution in [2.24, 2.45) is 10.9 Å². The number of carbonyl (C=O) groups excluding carboxylic acids is 1. The van der Waals surface area contributed by atoms with Crippen LogP contribution in [0.3, 0.4) is 0 Å². The van der Waals surface area contributed by atoms with Crippen LogP contribution in [0.1, 0.15) is 45.4 Å². The van der Waals surface area contributed by atoms with E-state index in [4.69, 9.17) is 0 Å². The Hall–Kier alpha value is -0.790. The number of rotatable bonds is 8. The van der Waals surface area contributed by atoms with Gasteiger partial charge in [0, 0.05) is 27.2 Å². The van der Waals surface area contributed by atoms with Gasteiger partial charge in [-0.25, -0.2) is 4.99 Å². The Labute approximate surface area is 158 Å². The number of carbonyl (C=O) groups is 1. The number of nitrogens with zero attached hydrogens (tertiary/aromatic N) is 2. The number of guanidine groups is 1. The summed E-state index contributed by atoms with van der Waals surface area (Å²) in [6.07, 6.45) is 8.03. The first-order chi connectivity index (χ1) is 10.5. The zero-order valence-electron chi connectivity index (χ0n) is 14.9. The molecule has 6 heteroatoms. The van der Waals surface area contributed by atoms with Crippen LogP contribution in [0.4, 0.5) is 0 Å². The van der Waals surface area contributed by atoms with E-state index in [2.05, 4.69) is 22.2 Å². The zero-order chi connectivity index (χ0) is 16.4. The first-order valence-electron chi connectivity index (χ1n) is 8.35. The molecular formula is C17H33IN4O. The predicted molar refractivity (Wildman–Crippen MR) is 108 cm³/mol. The second-order valence-electron chi connectivity index (χ2n) is 6.48. The van der Waals surface area contributed by atoms with Gasteiger partial charge in [-0.1, -0.05) is 37.8 Å². The monoisotopic (exact) mass is 436 g/mol. The molecule has 0 bridgehead atoms. The van der Waals surface area contributed by atoms with Crippen LogP contribution in [0.25, 0.3) is 0 Å². The normalized spacial score (nSPS) is 15.0. The van der Waals surface area contributed by atoms with Gasteiger partial charge in [-0.15, -0.1) is 24.0 Å². The summed E-state index contributed by atoms with van der Waals surface area (Å²) >= 11 is 0. The van der Waals surface area contributed by atoms with Gasteiger partial charge in [0.25, 0.3) is 0 Å². The topological polar surface area (TPSA) is 56.7 Å². The quantitative estimate of drug-likeness (QED) is 0.202. The van der Waals surface area contributed by atoms with Gasteiger partial charge in [0.05, 0.1) is 0 Å². The fourth-order valence-electron chi connectivity index (χ4n) is 2.59. The zero-order valence-corrected chi connectivity index (χ0v) is 17.2. The number of nitrogens with one attached hydrogen (secondary N) is 2. The van der Waals surface area contributed by atoms with Crippen molar-refractivity contribution in [3.05, 3.63) is 12.2 Å². The lowest BCUT2D eigenvalue weighted by Crippen LogP contribution is -2.39. The molecule has 0 spiro atoms. The van der Waals surface area contributed by atoms with Crippen LogP contribution in [0.15, 0.2) is 17.1 Å². The molecule has 0 heterocycles. The van der Waals surface area contributed by atoms with Crippen molar-refractivity contribution < 1.29 is 4.79 Å². The number of aliphatic imine (C=N–C) groups is 1. The van der Waals surface area contributed by atoms with Gasteiger partial charge in [-0.2, -0.15) is 0 Å². The molecule has 0 atom stereocenters. The second-order valence-corrected chi connectivity index (χ2v) is 6.48. The van der Waals surface area contributed by atoms with E-state index in [1.165, 1.54) is 32.1 Å². The Bertz CT molecular complexity index is 390. The molecule has 0 radical (unpaired) electrons. The fraction of sp³-hybridized carbons (Fsp3) is 0.765. The maximum Gasteiger partial charge on any atom is 0.243 e. The third kappa shape index (κ3) is 10.6. The summed E-state index contributed by atoms with van der Waals surface area (Å²) in [4.78, 5) is 17.5. The minimum Gasteiger partial charge on any atom is -0.356 e. The Morgan fingerprint density at radius 3 is 2.48 bits per heavy atom. The lowest BCUT2D eigenvalue weighted by molar-refractivity contribution is -0.127. The Morgan fingerprint density at radius 1 is 1.26 bits per heavy atom. The number of amides is 1. The summed E-state index contributed by atoms with van der Waals surface area (Å²) in [5.74, 6) is 1.62. The van der Waals surface area contributed by atoms with E-state index in [9.17, 15) is 4.79 Å². The molecule has 134 valence electrons. The first kappa shape index (κ1) is 22.2. The van der Waals surface area contributed by atoms with Crippen molar-refractivity contribution in [3.8, 4) is 0 Å². The Morgan fingerprint density at radius 2 is 1.91 bits per heavy atom. The van der Waals surface area contributed by atoms with E-state index in [0.29, 0.717) is 12.5 Å². The van der Waals surface area contributed by atoms with E-state index >= 15 is 0 Å². The summed E-state index contributed by atoms with van der Waals surface area (Å²) in [5.41, 5.74) is 1.04. The smallest absolute Gasteiger partial charge is 0.243 e. The molecule has 23 heavy (non-hydrogen) atoms. The lowest BCUT2D eigenvalue weighted by Gasteiger charge is -2.14. The van der Waals surface area contributed by atoms with Gasteiger partial charge in [0.15, 0.2) is 5.96 Å². The highest BCUT2D eigenvalue weighted by Crippen LogP contribution is 2.28. The molecule has 0 aromatic heterocycles. The first-order valence-corrected chi connectivity index (χ1v) is 8.35. The van der Waals surface area contributed by atoms with Crippen LogP contribution in [-0.4, -0.2) is 50.5 Å². The van der Waals surface area contributed by atoms with Crippen LogP contribution < -0.4 is 10.6 Å². The minimum atomic E-state index is 0. The Balaban J connectivity index is 0.00000484. The van der Waals surface area contributed by atoms with E-state index in [-0.39, 0.29) is 36.4 Å². The van der Waals surface area contributed by atoms with Crippen molar-refractivity contribution in [1.29, 1.82) is 0 Å². The predicted octanol–water partition coefficient (Wildman–Crippen LogP) is 2.77. The lowest BCUT2D eigenvalue weighted by atomic mass is 10.0. The van der Waals surface area contributed by atoms with Crippen molar-refractivity contribution in [3.63, 3.8) is 0 Å². The van der Waals surface area contributed by atoms with E-state index in [1.54, 1.807) is 19.0 Å². The Kier molecular flexibility index (Phi) is 12.2. The SMILES string of the molecule is C=C(C)CNC(=NCC(=O)N(C)C)NCCCC1CCCC1.I. The average molecular weight is 436 g/mol. The van der Waals surface area contributed by atoms with Crippen LogP contribution in [-0.2, 0) is 4.79 Å². The maximum absolute atomic E-state index is 11.6. The van der Waals surface area contributed by atoms with Crippen LogP contribution >= 0.6 is 24.0 Å². The minimum absolute atomic E-state index is 0. The summed E-state index contributed by atoms with van der Waals surface area (Å²) in [7, 11) is 3.49. The number of likely N-dealkylation sites (N-methyl/N-ethyl adjacent to an activating group) is 1. The maximum atomic E-state index is 11.6. The standard InChI is InChI=1S/C17H32N4O.HI/c1-14(2)12-19-17(20-13-16(22)21(3)4)18-11-7-10-15-8-5-6-9-15;/h15H,1,5-13H2,2-4H3,(H2,18,19,20);1H. The molecule has 1 aliphatic carbocycles. The highest BCUT2D eigenvalue weighted by molar-refractivity contribution is 14.0. The van der Waals surface area contributed by atoms with Crippen molar-refractivity contribution in [1.82, 2.24) is 15.5 Å². The highest BCUT2D eigenvalue weighted by atomic mass is 127. The van der Waals surface area contributed by atoms with Gasteiger partial charge in [0.2, 0.25) is 5.91 Å². The van der Waals surface area contributed by atoms with E-state index < -0.39 is 0 Å². The largest absolute Gasteiger partial charge is 0.356 e. The van der Waals surface area contributed by atoms with Gasteiger partial charge < -0.3 is 15.5 Å². The van der Waals surface area contributed by atoms with E-state index in [0.717, 1.165) is 24.5 Å². The molecular weight excluding hydrogens is 403 g/mol. The highest BCUT2D eigenvalue weighted by Gasteiger charge is 2.14. The summed E-state index contributed by atoms with van der Waals surface area (Å²) in [6.45, 7) is 7.58. The molecule has 0 aliphatic heterocycles. The third-order valence-electron chi connectivity index (χ3n) is 3.99. The number of hydrogen-bond acceptors (Lipinski definition) is 2. The van der Waals surface area contributed by atoms with Gasteiger partial charge in [-0.3, -0.25) is 4.79 Å². The second kappa shape index (κ2) is 12.6. The van der Waals surface area contributed by atoms with Crippen molar-refractivity contribution in [2.75, 3.05) is 33.7 Å². The number of hydrogen-bond donors (Lipinski definition) is 2. The van der Waals surface area contributed by atoms with E-state index in [1.807, 2.05) is 6.92 Å². The van der Waals surface area contributed by atoms with Crippen LogP contribution in [0.5, 0.6) is 0 Å². The third-order valence-corrected chi connectivity index (χ3v) is 3.99. The molecule has 1 fully saturated rings. The van der Waals surface area contributed by atoms with Crippen molar-refractivity contribution >= 4 is 35.8 Å². The summed E-state index contributed by atoms with van der Waals surface area (Å²) < 4.78 is 0. The molecule has 1 rings (SSSR count). The molecule has 1 saturated carbocycles. The fourth-order valence-corrected chi connectivity index (χ4v) is 2.59. The van der Waals surface area contributed by atoms with Crippen LogP contribution in [0, 0.1) is 5.92 Å². The molecule has 5 nitrogen and oxygen atoms in total. The van der Waals surface area contributed by atoms with Gasteiger partial charge >= 0.3 is 0 Å². The molecule has 0 saturated heterocycles. The summed E-state index contributed by atoms with van der Waals surface area (Å²) in [5, 5.41) is 6.53. The average Bonchev–Trinajstić information content (AvgIpc) is 2.97. The van der Waals surface area contributed by atoms with Gasteiger partial charge in [0.1, 0.15) is 6.54 Å². The molecule has 0 aromatic rings.